The highest BCUT2D eigenvalue weighted by Gasteiger charge is 2.27. The van der Waals surface area contributed by atoms with Gasteiger partial charge in [0, 0.05) is 47.8 Å². The van der Waals surface area contributed by atoms with Crippen molar-refractivity contribution in [3.8, 4) is 5.69 Å². The molecule has 9 nitrogen and oxygen atoms in total. The van der Waals surface area contributed by atoms with Gasteiger partial charge in [-0.1, -0.05) is 23.9 Å². The van der Waals surface area contributed by atoms with Gasteiger partial charge in [0.2, 0.25) is 15.9 Å². The highest BCUT2D eigenvalue weighted by Crippen LogP contribution is 2.25. The van der Waals surface area contributed by atoms with Crippen LogP contribution in [0.2, 0.25) is 0 Å². The first kappa shape index (κ1) is 27.7. The second-order valence-electron chi connectivity index (χ2n) is 8.64. The minimum absolute atomic E-state index is 0.0736. The molecule has 0 bridgehead atoms. The summed E-state index contributed by atoms with van der Waals surface area (Å²) in [4.78, 5) is 24.3. The van der Waals surface area contributed by atoms with Gasteiger partial charge in [-0.25, -0.2) is 8.42 Å². The molecule has 1 fully saturated rings. The van der Waals surface area contributed by atoms with E-state index in [0.717, 1.165) is 27.9 Å². The lowest BCUT2D eigenvalue weighted by atomic mass is 10.1. The molecule has 0 aliphatic carbocycles. The third-order valence-electron chi connectivity index (χ3n) is 5.95. The van der Waals surface area contributed by atoms with Crippen molar-refractivity contribution in [1.82, 2.24) is 24.4 Å². The molecule has 0 unspecified atom stereocenters. The summed E-state index contributed by atoms with van der Waals surface area (Å²) in [5.41, 5.74) is 1.34. The first-order valence-corrected chi connectivity index (χ1v) is 15.5. The van der Waals surface area contributed by atoms with Gasteiger partial charge in [-0.2, -0.15) is 4.31 Å². The highest BCUT2D eigenvalue weighted by molar-refractivity contribution is 14.1. The topological polar surface area (TPSA) is 114 Å². The monoisotopic (exact) mass is 653 g/mol. The molecule has 1 saturated heterocycles. The third kappa shape index (κ3) is 6.98. The lowest BCUT2D eigenvalue weighted by Crippen LogP contribution is -2.27. The number of nitrogens with one attached hydrogen (secondary N) is 1. The molecule has 0 saturated carbocycles. The van der Waals surface area contributed by atoms with E-state index < -0.39 is 10.0 Å². The summed E-state index contributed by atoms with van der Waals surface area (Å²) in [7, 11) is -3.52. The van der Waals surface area contributed by atoms with Crippen LogP contribution in [-0.4, -0.2) is 64.6 Å². The molecule has 1 N–H and O–H groups in total. The third-order valence-corrected chi connectivity index (χ3v) is 9.51. The molecule has 0 spiro atoms. The molecule has 1 aliphatic rings. The Morgan fingerprint density at radius 2 is 1.70 bits per heavy atom. The lowest BCUT2D eigenvalue weighted by Gasteiger charge is -2.15. The van der Waals surface area contributed by atoms with Gasteiger partial charge in [0.25, 0.3) is 0 Å². The van der Waals surface area contributed by atoms with Crippen LogP contribution in [0.1, 0.15) is 42.4 Å². The summed E-state index contributed by atoms with van der Waals surface area (Å²) in [5, 5.41) is 12.1. The smallest absolute Gasteiger partial charge is 0.243 e. The van der Waals surface area contributed by atoms with Crippen molar-refractivity contribution >= 4 is 56.1 Å². The van der Waals surface area contributed by atoms with Crippen LogP contribution < -0.4 is 5.32 Å². The predicted octanol–water partition coefficient (Wildman–Crippen LogP) is 3.70. The standard InChI is InChI=1S/C25H28IN5O4S2/c1-18(32)27-14-4-5-24-28-29-25(31(24)21-10-8-20(26)9-11-21)36-17-23(33)19-6-12-22(13-7-19)37(34,35)30-15-2-3-16-30/h6-13H,2-5,14-17H2,1H3,(H,27,32). The molecule has 0 atom stereocenters. The molecule has 3 aromatic rings. The fourth-order valence-electron chi connectivity index (χ4n) is 4.02. The predicted molar refractivity (Wildman–Crippen MR) is 151 cm³/mol. The number of halogens is 1. The van der Waals surface area contributed by atoms with Gasteiger partial charge in [-0.15, -0.1) is 10.2 Å². The summed E-state index contributed by atoms with van der Waals surface area (Å²) >= 11 is 3.53. The summed E-state index contributed by atoms with van der Waals surface area (Å²) in [6.07, 6.45) is 3.06. The van der Waals surface area contributed by atoms with Crippen LogP contribution in [0.15, 0.2) is 58.6 Å². The van der Waals surface area contributed by atoms with Gasteiger partial charge in [-0.05, 0) is 78.3 Å². The number of rotatable bonds is 11. The number of aryl methyl sites for hydroxylation is 1. The Labute approximate surface area is 234 Å². The maximum absolute atomic E-state index is 12.9. The van der Waals surface area contributed by atoms with Crippen LogP contribution in [0.4, 0.5) is 0 Å². The minimum Gasteiger partial charge on any atom is -0.356 e. The molecule has 0 radical (unpaired) electrons. The van der Waals surface area contributed by atoms with Crippen LogP contribution in [-0.2, 0) is 21.2 Å². The fraction of sp³-hybridized carbons (Fsp3) is 0.360. The summed E-state index contributed by atoms with van der Waals surface area (Å²) in [6.45, 7) is 3.10. The van der Waals surface area contributed by atoms with E-state index in [1.54, 1.807) is 12.1 Å². The average Bonchev–Trinajstić information content (AvgIpc) is 3.57. The van der Waals surface area contributed by atoms with E-state index in [1.165, 1.54) is 35.1 Å². The molecular formula is C25H28IN5O4S2. The van der Waals surface area contributed by atoms with Gasteiger partial charge in [0.15, 0.2) is 10.9 Å². The zero-order valence-electron chi connectivity index (χ0n) is 20.4. The van der Waals surface area contributed by atoms with Crippen molar-refractivity contribution in [2.24, 2.45) is 0 Å². The number of carbonyl (C=O) groups excluding carboxylic acids is 2. The molecule has 1 amide bonds. The van der Waals surface area contributed by atoms with Crippen molar-refractivity contribution < 1.29 is 18.0 Å². The van der Waals surface area contributed by atoms with Crippen molar-refractivity contribution in [3.05, 3.63) is 63.5 Å². The number of hydrogen-bond donors (Lipinski definition) is 1. The van der Waals surface area contributed by atoms with Crippen molar-refractivity contribution in [1.29, 1.82) is 0 Å². The number of hydrogen-bond acceptors (Lipinski definition) is 7. The van der Waals surface area contributed by atoms with Crippen LogP contribution in [0.25, 0.3) is 5.69 Å². The maximum atomic E-state index is 12.9. The number of ketones is 1. The van der Waals surface area contributed by atoms with E-state index >= 15 is 0 Å². The fourth-order valence-corrected chi connectivity index (χ4v) is 6.76. The number of sulfonamides is 1. The SMILES string of the molecule is CC(=O)NCCCc1nnc(SCC(=O)c2ccc(S(=O)(=O)N3CCCC3)cc2)n1-c1ccc(I)cc1. The molecular weight excluding hydrogens is 625 g/mol. The van der Waals surface area contributed by atoms with Crippen molar-refractivity contribution in [2.75, 3.05) is 25.4 Å². The van der Waals surface area contributed by atoms with Crippen molar-refractivity contribution in [3.63, 3.8) is 0 Å². The van der Waals surface area contributed by atoms with E-state index in [0.29, 0.717) is 43.2 Å². The zero-order valence-corrected chi connectivity index (χ0v) is 24.2. The first-order valence-electron chi connectivity index (χ1n) is 12.0. The minimum atomic E-state index is -3.52. The highest BCUT2D eigenvalue weighted by atomic mass is 127. The van der Waals surface area contributed by atoms with Crippen LogP contribution in [0.3, 0.4) is 0 Å². The van der Waals surface area contributed by atoms with Gasteiger partial charge in [0.1, 0.15) is 5.82 Å². The van der Waals surface area contributed by atoms with Gasteiger partial charge in [-0.3, -0.25) is 14.2 Å². The average molecular weight is 654 g/mol. The van der Waals surface area contributed by atoms with E-state index in [9.17, 15) is 18.0 Å². The number of thioether (sulfide) groups is 1. The second-order valence-corrected chi connectivity index (χ2v) is 12.8. The molecule has 196 valence electrons. The molecule has 12 heteroatoms. The number of nitrogens with zero attached hydrogens (tertiary/aromatic N) is 4. The van der Waals surface area contributed by atoms with Gasteiger partial charge >= 0.3 is 0 Å². The molecule has 2 aromatic carbocycles. The Bertz CT molecular complexity index is 1350. The van der Waals surface area contributed by atoms with Crippen LogP contribution >= 0.6 is 34.4 Å². The van der Waals surface area contributed by atoms with Crippen LogP contribution in [0.5, 0.6) is 0 Å². The van der Waals surface area contributed by atoms with E-state index in [1.807, 2.05) is 28.8 Å². The molecule has 37 heavy (non-hydrogen) atoms. The van der Waals surface area contributed by atoms with Gasteiger partial charge < -0.3 is 5.32 Å². The summed E-state index contributed by atoms with van der Waals surface area (Å²) in [6, 6.07) is 14.1. The molecule has 2 heterocycles. The molecule has 4 rings (SSSR count). The second kappa shape index (κ2) is 12.5. The number of aromatic nitrogens is 3. The Kier molecular flexibility index (Phi) is 9.37. The molecule has 1 aromatic heterocycles. The molecule has 1 aliphatic heterocycles. The van der Waals surface area contributed by atoms with E-state index in [2.05, 4.69) is 38.1 Å². The van der Waals surface area contributed by atoms with Crippen LogP contribution in [0, 0.1) is 3.57 Å². The Morgan fingerprint density at radius 1 is 1.03 bits per heavy atom. The Morgan fingerprint density at radius 3 is 2.35 bits per heavy atom. The van der Waals surface area contributed by atoms with Gasteiger partial charge in [0.05, 0.1) is 10.6 Å². The van der Waals surface area contributed by atoms with Crippen molar-refractivity contribution in [2.45, 2.75) is 42.7 Å². The Balaban J connectivity index is 1.46. The first-order chi connectivity index (χ1) is 17.8. The van der Waals surface area contributed by atoms with E-state index in [4.69, 9.17) is 0 Å². The zero-order chi connectivity index (χ0) is 26.4. The summed E-state index contributed by atoms with van der Waals surface area (Å²) in [5.74, 6) is 0.681. The Hall–Kier alpha value is -2.29. The largest absolute Gasteiger partial charge is 0.356 e. The number of carbonyl (C=O) groups is 2. The summed E-state index contributed by atoms with van der Waals surface area (Å²) < 4.78 is 30.0. The number of Topliss-reactive ketones (excluding diaryl/α,β-unsaturated/α-hetero) is 1. The lowest BCUT2D eigenvalue weighted by molar-refractivity contribution is -0.118. The number of amides is 1. The quantitative estimate of drug-likeness (QED) is 0.145. The maximum Gasteiger partial charge on any atom is 0.243 e. The van der Waals surface area contributed by atoms with E-state index in [-0.39, 0.29) is 22.3 Å². The number of benzene rings is 2. The normalized spacial score (nSPS) is 14.1.